The summed E-state index contributed by atoms with van der Waals surface area (Å²) in [4.78, 5) is 2.23. The first-order chi connectivity index (χ1) is 5.70. The van der Waals surface area contributed by atoms with E-state index in [1.807, 2.05) is 18.7 Å². The Labute approximate surface area is 72.2 Å². The van der Waals surface area contributed by atoms with Gasteiger partial charge in [0.2, 0.25) is 0 Å². The van der Waals surface area contributed by atoms with E-state index in [1.165, 1.54) is 11.5 Å². The number of aromatic nitrogens is 2. The molecule has 1 aliphatic rings. The van der Waals surface area contributed by atoms with E-state index in [4.69, 9.17) is 0 Å². The number of likely N-dealkylation sites (N-methyl/N-ethyl adjacent to an activating group) is 1. The van der Waals surface area contributed by atoms with Gasteiger partial charge in [0.1, 0.15) is 11.5 Å². The van der Waals surface area contributed by atoms with Gasteiger partial charge in [0.05, 0.1) is 5.69 Å². The molecule has 0 bridgehead atoms. The molecule has 0 spiro atoms. The summed E-state index contributed by atoms with van der Waals surface area (Å²) in [5.74, 6) is 1.19. The Morgan fingerprint density at radius 1 is 1.42 bits per heavy atom. The average molecular weight is 166 g/mol. The molecule has 2 heterocycles. The van der Waals surface area contributed by atoms with Crippen LogP contribution in [0.5, 0.6) is 0 Å². The predicted octanol–water partition coefficient (Wildman–Crippen LogP) is 0.590. The Bertz CT molecular complexity index is 302. The van der Waals surface area contributed by atoms with E-state index in [1.54, 1.807) is 0 Å². The molecule has 0 unspecified atom stereocenters. The molecule has 0 fully saturated rings. The normalized spacial score (nSPS) is 15.8. The lowest BCUT2D eigenvalue weighted by Crippen LogP contribution is -2.31. The zero-order chi connectivity index (χ0) is 8.72. The van der Waals surface area contributed by atoms with Crippen molar-refractivity contribution in [2.45, 2.75) is 6.92 Å². The van der Waals surface area contributed by atoms with Gasteiger partial charge in [0.25, 0.3) is 0 Å². The molecule has 0 atom stereocenters. The number of hydrogen-bond acceptors (Lipinski definition) is 3. The van der Waals surface area contributed by atoms with E-state index in [0.717, 1.165) is 18.8 Å². The van der Waals surface area contributed by atoms with Gasteiger partial charge >= 0.3 is 0 Å². The van der Waals surface area contributed by atoms with Crippen LogP contribution in [0.15, 0.2) is 0 Å². The molecule has 2 rings (SSSR count). The van der Waals surface area contributed by atoms with Crippen LogP contribution in [0.1, 0.15) is 5.69 Å². The van der Waals surface area contributed by atoms with Crippen molar-refractivity contribution in [1.29, 1.82) is 0 Å². The number of anilines is 2. The second kappa shape index (κ2) is 2.40. The smallest absolute Gasteiger partial charge is 0.150 e. The minimum absolute atomic E-state index is 1.01. The number of nitrogens with zero attached hydrogens (tertiary/aromatic N) is 3. The molecular formula is C8H14N4. The third-order valence-corrected chi connectivity index (χ3v) is 2.30. The molecule has 4 heteroatoms. The summed E-state index contributed by atoms with van der Waals surface area (Å²) in [6.45, 7) is 4.09. The highest BCUT2D eigenvalue weighted by molar-refractivity contribution is 5.70. The maximum Gasteiger partial charge on any atom is 0.150 e. The van der Waals surface area contributed by atoms with Crippen LogP contribution in [0, 0.1) is 6.92 Å². The van der Waals surface area contributed by atoms with E-state index in [-0.39, 0.29) is 0 Å². The maximum atomic E-state index is 4.36. The molecule has 0 saturated heterocycles. The monoisotopic (exact) mass is 166 g/mol. The predicted molar refractivity (Wildman–Crippen MR) is 49.7 cm³/mol. The van der Waals surface area contributed by atoms with E-state index >= 15 is 0 Å². The minimum Gasteiger partial charge on any atom is -0.379 e. The quantitative estimate of drug-likeness (QED) is 0.612. The third kappa shape index (κ3) is 0.873. The zero-order valence-electron chi connectivity index (χ0n) is 7.76. The van der Waals surface area contributed by atoms with Crippen molar-refractivity contribution in [3.63, 3.8) is 0 Å². The fraction of sp³-hybridized carbons (Fsp3) is 0.625. The number of aryl methyl sites for hydroxylation is 2. The molecule has 1 aromatic heterocycles. The Kier molecular flexibility index (Phi) is 1.49. The van der Waals surface area contributed by atoms with E-state index in [0.29, 0.717) is 0 Å². The number of rotatable bonds is 0. The van der Waals surface area contributed by atoms with Gasteiger partial charge in [0.15, 0.2) is 0 Å². The van der Waals surface area contributed by atoms with Crippen molar-refractivity contribution in [2.75, 3.05) is 30.4 Å². The van der Waals surface area contributed by atoms with Crippen molar-refractivity contribution in [1.82, 2.24) is 9.78 Å². The maximum absolute atomic E-state index is 4.36. The summed E-state index contributed by atoms with van der Waals surface area (Å²) in [6.07, 6.45) is 0. The third-order valence-electron chi connectivity index (χ3n) is 2.30. The summed E-state index contributed by atoms with van der Waals surface area (Å²) >= 11 is 0. The first-order valence-electron chi connectivity index (χ1n) is 4.19. The Morgan fingerprint density at radius 3 is 2.83 bits per heavy atom. The van der Waals surface area contributed by atoms with Crippen LogP contribution >= 0.6 is 0 Å². The molecule has 1 aliphatic heterocycles. The van der Waals surface area contributed by atoms with Crippen LogP contribution in [0.2, 0.25) is 0 Å². The summed E-state index contributed by atoms with van der Waals surface area (Å²) < 4.78 is 1.93. The second-order valence-corrected chi connectivity index (χ2v) is 3.26. The lowest BCUT2D eigenvalue weighted by atomic mass is 10.3. The Morgan fingerprint density at radius 2 is 2.17 bits per heavy atom. The zero-order valence-corrected chi connectivity index (χ0v) is 7.76. The minimum atomic E-state index is 1.01. The van der Waals surface area contributed by atoms with Gasteiger partial charge in [-0.25, -0.2) is 0 Å². The fourth-order valence-corrected chi connectivity index (χ4v) is 1.75. The number of nitrogens with one attached hydrogen (secondary N) is 1. The largest absolute Gasteiger partial charge is 0.379 e. The molecule has 0 aliphatic carbocycles. The van der Waals surface area contributed by atoms with Crippen molar-refractivity contribution in [3.05, 3.63) is 5.69 Å². The van der Waals surface area contributed by atoms with Gasteiger partial charge in [-0.3, -0.25) is 4.68 Å². The Balaban J connectivity index is 2.55. The van der Waals surface area contributed by atoms with Crippen LogP contribution in [0.25, 0.3) is 0 Å². The van der Waals surface area contributed by atoms with Crippen LogP contribution in [-0.4, -0.2) is 29.9 Å². The molecule has 66 valence electrons. The van der Waals surface area contributed by atoms with Crippen LogP contribution in [0.3, 0.4) is 0 Å². The number of fused-ring (bicyclic) bond motifs is 1. The van der Waals surface area contributed by atoms with Crippen molar-refractivity contribution in [2.24, 2.45) is 7.05 Å². The lowest BCUT2D eigenvalue weighted by Gasteiger charge is -2.26. The van der Waals surface area contributed by atoms with Gasteiger partial charge in [-0.2, -0.15) is 5.10 Å². The topological polar surface area (TPSA) is 33.1 Å². The standard InChI is InChI=1S/C8H14N4/c1-6-7-8(12(3)10-6)11(2)5-4-9-7/h9H,4-5H2,1-3H3. The molecule has 0 aromatic carbocycles. The average Bonchev–Trinajstić information content (AvgIpc) is 2.29. The van der Waals surface area contributed by atoms with Crippen molar-refractivity contribution >= 4 is 11.5 Å². The van der Waals surface area contributed by atoms with Gasteiger partial charge < -0.3 is 10.2 Å². The molecule has 0 saturated carbocycles. The van der Waals surface area contributed by atoms with Gasteiger partial charge in [-0.05, 0) is 6.92 Å². The van der Waals surface area contributed by atoms with E-state index < -0.39 is 0 Å². The molecular weight excluding hydrogens is 152 g/mol. The van der Waals surface area contributed by atoms with Gasteiger partial charge in [-0.1, -0.05) is 0 Å². The highest BCUT2D eigenvalue weighted by Gasteiger charge is 2.19. The molecule has 4 nitrogen and oxygen atoms in total. The first kappa shape index (κ1) is 7.46. The van der Waals surface area contributed by atoms with Gasteiger partial charge in [0, 0.05) is 27.2 Å². The SMILES string of the molecule is Cc1nn(C)c2c1NCCN2C. The van der Waals surface area contributed by atoms with Crippen molar-refractivity contribution < 1.29 is 0 Å². The highest BCUT2D eigenvalue weighted by atomic mass is 15.4. The molecule has 1 N–H and O–H groups in total. The first-order valence-corrected chi connectivity index (χ1v) is 4.19. The highest BCUT2D eigenvalue weighted by Crippen LogP contribution is 2.29. The molecule has 12 heavy (non-hydrogen) atoms. The van der Waals surface area contributed by atoms with Gasteiger partial charge in [-0.15, -0.1) is 0 Å². The van der Waals surface area contributed by atoms with Crippen LogP contribution < -0.4 is 10.2 Å². The van der Waals surface area contributed by atoms with E-state index in [2.05, 4.69) is 22.4 Å². The van der Waals surface area contributed by atoms with Crippen LogP contribution in [-0.2, 0) is 7.05 Å². The molecule has 1 aromatic rings. The van der Waals surface area contributed by atoms with Crippen molar-refractivity contribution in [3.8, 4) is 0 Å². The summed E-state index contributed by atoms with van der Waals surface area (Å²) in [5, 5.41) is 7.71. The summed E-state index contributed by atoms with van der Waals surface area (Å²) in [6, 6.07) is 0. The summed E-state index contributed by atoms with van der Waals surface area (Å²) in [7, 11) is 4.08. The second-order valence-electron chi connectivity index (χ2n) is 3.26. The fourth-order valence-electron chi connectivity index (χ4n) is 1.75. The van der Waals surface area contributed by atoms with E-state index in [9.17, 15) is 0 Å². The number of hydrogen-bond donors (Lipinski definition) is 1. The van der Waals surface area contributed by atoms with Crippen LogP contribution in [0.4, 0.5) is 11.5 Å². The lowest BCUT2D eigenvalue weighted by molar-refractivity contribution is 0.726. The molecule has 0 amide bonds. The molecule has 0 radical (unpaired) electrons. The Hall–Kier alpha value is -1.19. The summed E-state index contributed by atoms with van der Waals surface area (Å²) in [5.41, 5.74) is 2.27.